The van der Waals surface area contributed by atoms with E-state index in [1.807, 2.05) is 0 Å². The Kier molecular flexibility index (Phi) is 6.40. The number of hydrogen-bond donors (Lipinski definition) is 2. The highest BCUT2D eigenvalue weighted by atomic mass is 32.1. The number of carbonyl (C=O) groups is 2. The average molecular weight is 563 g/mol. The number of carbonyl (C=O) groups excluding carboxylic acids is 2. The van der Waals surface area contributed by atoms with E-state index >= 15 is 0 Å². The lowest BCUT2D eigenvalue weighted by molar-refractivity contribution is -0.173. The Morgan fingerprint density at radius 1 is 1.21 bits per heavy atom. The largest absolute Gasteiger partial charge is 0.462 e. The smallest absolute Gasteiger partial charge is 0.410 e. The van der Waals surface area contributed by atoms with Gasteiger partial charge in [-0.25, -0.2) is 9.48 Å². The Morgan fingerprint density at radius 2 is 2.00 bits per heavy atom. The number of thiophene rings is 1. The third-order valence-electron chi connectivity index (χ3n) is 7.10. The Hall–Kier alpha value is -3.74. The fourth-order valence-electron chi connectivity index (χ4n) is 5.27. The second kappa shape index (κ2) is 9.78. The van der Waals surface area contributed by atoms with Crippen LogP contribution in [-0.4, -0.2) is 41.2 Å². The van der Waals surface area contributed by atoms with E-state index < -0.39 is 30.1 Å². The number of alkyl halides is 3. The molecule has 0 saturated heterocycles. The molecule has 0 radical (unpaired) electrons. The van der Waals surface area contributed by atoms with E-state index in [0.29, 0.717) is 34.0 Å². The predicted molar refractivity (Wildman–Crippen MR) is 136 cm³/mol. The van der Waals surface area contributed by atoms with Crippen LogP contribution in [0.5, 0.6) is 11.5 Å². The number of aryl methyl sites for hydroxylation is 1. The van der Waals surface area contributed by atoms with Gasteiger partial charge in [0.25, 0.3) is 5.91 Å². The first-order valence-corrected chi connectivity index (χ1v) is 13.5. The molecular weight excluding hydrogens is 537 g/mol. The van der Waals surface area contributed by atoms with Crippen LogP contribution in [0.1, 0.15) is 75.1 Å². The monoisotopic (exact) mass is 562 g/mol. The van der Waals surface area contributed by atoms with Crippen LogP contribution in [0.3, 0.4) is 0 Å². The molecule has 2 N–H and O–H groups in total. The number of halogens is 3. The van der Waals surface area contributed by atoms with Gasteiger partial charge in [-0.2, -0.15) is 18.3 Å². The lowest BCUT2D eigenvalue weighted by Crippen LogP contribution is -2.35. The number of fused-ring (bicyclic) bond motifs is 3. The number of nitrogens with zero attached hydrogens (tertiary/aromatic N) is 2. The Labute approximate surface area is 225 Å². The summed E-state index contributed by atoms with van der Waals surface area (Å²) in [6, 6.07) is 3.65. The maximum absolute atomic E-state index is 14.1. The Bertz CT molecular complexity index is 1450. The highest BCUT2D eigenvalue weighted by molar-refractivity contribution is 7.17. The Morgan fingerprint density at radius 3 is 2.79 bits per heavy atom. The van der Waals surface area contributed by atoms with Crippen molar-refractivity contribution in [1.82, 2.24) is 9.78 Å². The number of hydrogen-bond acceptors (Lipinski definition) is 8. The summed E-state index contributed by atoms with van der Waals surface area (Å²) >= 11 is 1.30. The summed E-state index contributed by atoms with van der Waals surface area (Å²) in [4.78, 5) is 27.0. The molecule has 39 heavy (non-hydrogen) atoms. The number of benzene rings is 1. The number of rotatable bonds is 5. The van der Waals surface area contributed by atoms with E-state index in [0.717, 1.165) is 34.4 Å². The number of esters is 1. The normalized spacial score (nSPS) is 19.6. The van der Waals surface area contributed by atoms with E-state index in [1.54, 1.807) is 25.1 Å². The van der Waals surface area contributed by atoms with Crippen LogP contribution in [0.4, 0.5) is 24.0 Å². The van der Waals surface area contributed by atoms with Crippen LogP contribution in [0.15, 0.2) is 24.3 Å². The molecular formula is C26H25F3N4O5S. The molecule has 13 heteroatoms. The standard InChI is InChI=1S/C26H25F3N4O5S/c1-2-36-25(35)22-14-5-3-4-6-19(14)39-24(22)31-23(34)16-11-21-30-15(10-20(26(27,28)29)33(21)32-16)13-7-8-17-18(9-13)38-12-37-17/h7-9,11,15,20,30H,2-6,10,12H2,1H3,(H,31,34)/t15-,20+/m0/s1. The molecule has 0 unspecified atom stereocenters. The quantitative estimate of drug-likeness (QED) is 0.388. The molecule has 6 rings (SSSR count). The first-order valence-electron chi connectivity index (χ1n) is 12.7. The van der Waals surface area contributed by atoms with Gasteiger partial charge in [0.05, 0.1) is 18.2 Å². The number of ether oxygens (including phenoxy) is 3. The zero-order valence-corrected chi connectivity index (χ0v) is 21.7. The first-order chi connectivity index (χ1) is 18.7. The molecule has 2 atom stereocenters. The lowest BCUT2D eigenvalue weighted by Gasteiger charge is -2.33. The van der Waals surface area contributed by atoms with Gasteiger partial charge in [-0.3, -0.25) is 4.79 Å². The summed E-state index contributed by atoms with van der Waals surface area (Å²) < 4.78 is 59.2. The van der Waals surface area contributed by atoms with Crippen molar-refractivity contribution >= 4 is 34.0 Å². The van der Waals surface area contributed by atoms with Gasteiger partial charge in [0.2, 0.25) is 6.79 Å². The maximum atomic E-state index is 14.1. The van der Waals surface area contributed by atoms with Gasteiger partial charge in [0, 0.05) is 17.4 Å². The minimum absolute atomic E-state index is 0.0540. The first kappa shape index (κ1) is 25.5. The third kappa shape index (κ3) is 4.68. The van der Waals surface area contributed by atoms with Crippen LogP contribution in [0.2, 0.25) is 0 Å². The van der Waals surface area contributed by atoms with Gasteiger partial charge >= 0.3 is 12.1 Å². The number of nitrogens with one attached hydrogen (secondary N) is 2. The SMILES string of the molecule is CCOC(=O)c1c(NC(=O)c2cc3n(n2)[C@@H](C(F)(F)F)C[C@@H](c2ccc4c(c2)OCO4)N3)sc2c1CCCC2. The number of anilines is 2. The summed E-state index contributed by atoms with van der Waals surface area (Å²) in [6.45, 7) is 1.93. The second-order valence-corrected chi connectivity index (χ2v) is 10.7. The molecule has 3 aromatic rings. The van der Waals surface area contributed by atoms with Crippen molar-refractivity contribution in [3.8, 4) is 11.5 Å². The van der Waals surface area contributed by atoms with Crippen LogP contribution in [0, 0.1) is 0 Å². The molecule has 206 valence electrons. The summed E-state index contributed by atoms with van der Waals surface area (Å²) in [6.07, 6.45) is -1.54. The molecule has 0 bridgehead atoms. The van der Waals surface area contributed by atoms with Gasteiger partial charge in [-0.15, -0.1) is 11.3 Å². The fourth-order valence-corrected chi connectivity index (χ4v) is 6.55. The molecule has 4 heterocycles. The van der Waals surface area contributed by atoms with E-state index in [1.165, 1.54) is 17.4 Å². The molecule has 0 fully saturated rings. The highest BCUT2D eigenvalue weighted by Crippen LogP contribution is 2.45. The van der Waals surface area contributed by atoms with Gasteiger partial charge in [0.15, 0.2) is 23.2 Å². The molecule has 0 spiro atoms. The van der Waals surface area contributed by atoms with Gasteiger partial charge < -0.3 is 24.8 Å². The molecule has 1 aliphatic carbocycles. The van der Waals surface area contributed by atoms with Crippen molar-refractivity contribution in [3.05, 3.63) is 51.5 Å². The average Bonchev–Trinajstić information content (AvgIpc) is 3.63. The lowest BCUT2D eigenvalue weighted by atomic mass is 9.95. The number of amides is 1. The second-order valence-electron chi connectivity index (χ2n) is 9.55. The van der Waals surface area contributed by atoms with Crippen molar-refractivity contribution < 1.29 is 37.0 Å². The van der Waals surface area contributed by atoms with Gasteiger partial charge in [0.1, 0.15) is 10.8 Å². The summed E-state index contributed by atoms with van der Waals surface area (Å²) in [5.41, 5.74) is 1.59. The van der Waals surface area contributed by atoms with Crippen LogP contribution in [-0.2, 0) is 17.6 Å². The van der Waals surface area contributed by atoms with Crippen LogP contribution >= 0.6 is 11.3 Å². The topological polar surface area (TPSA) is 104 Å². The van der Waals surface area contributed by atoms with Crippen molar-refractivity contribution in [3.63, 3.8) is 0 Å². The molecule has 2 aromatic heterocycles. The zero-order valence-electron chi connectivity index (χ0n) is 20.9. The van der Waals surface area contributed by atoms with E-state index in [-0.39, 0.29) is 31.3 Å². The Balaban J connectivity index is 1.30. The van der Waals surface area contributed by atoms with Crippen molar-refractivity contribution in [2.45, 2.75) is 57.3 Å². The van der Waals surface area contributed by atoms with Gasteiger partial charge in [-0.05, 0) is 55.9 Å². The minimum atomic E-state index is -4.60. The minimum Gasteiger partial charge on any atom is -0.462 e. The van der Waals surface area contributed by atoms with Crippen molar-refractivity contribution in [2.75, 3.05) is 24.0 Å². The van der Waals surface area contributed by atoms with E-state index in [9.17, 15) is 22.8 Å². The van der Waals surface area contributed by atoms with E-state index in [4.69, 9.17) is 14.2 Å². The summed E-state index contributed by atoms with van der Waals surface area (Å²) in [5, 5.41) is 10.2. The van der Waals surface area contributed by atoms with Crippen molar-refractivity contribution in [2.24, 2.45) is 0 Å². The van der Waals surface area contributed by atoms with Crippen LogP contribution in [0.25, 0.3) is 0 Å². The van der Waals surface area contributed by atoms with Crippen molar-refractivity contribution in [1.29, 1.82) is 0 Å². The zero-order chi connectivity index (χ0) is 27.3. The van der Waals surface area contributed by atoms with Crippen LogP contribution < -0.4 is 20.1 Å². The third-order valence-corrected chi connectivity index (χ3v) is 8.31. The summed E-state index contributed by atoms with van der Waals surface area (Å²) in [7, 11) is 0. The number of aromatic nitrogens is 2. The molecule has 0 saturated carbocycles. The van der Waals surface area contributed by atoms with E-state index in [2.05, 4.69) is 15.7 Å². The molecule has 1 aromatic carbocycles. The molecule has 9 nitrogen and oxygen atoms in total. The predicted octanol–water partition coefficient (Wildman–Crippen LogP) is 5.64. The van der Waals surface area contributed by atoms with Gasteiger partial charge in [-0.1, -0.05) is 6.07 Å². The molecule has 2 aliphatic heterocycles. The fraction of sp³-hybridized carbons (Fsp3) is 0.423. The molecule has 3 aliphatic rings. The summed E-state index contributed by atoms with van der Waals surface area (Å²) in [5.74, 6) is -0.172. The highest BCUT2D eigenvalue weighted by Gasteiger charge is 2.47. The maximum Gasteiger partial charge on any atom is 0.410 e. The molecule has 1 amide bonds.